The fourth-order valence-electron chi connectivity index (χ4n) is 3.04. The number of aromatic nitrogens is 8. The molecule has 0 aliphatic carbocycles. The van der Waals surface area contributed by atoms with E-state index in [4.69, 9.17) is 0 Å². The first kappa shape index (κ1) is 14.8. The Kier molecular flexibility index (Phi) is 4.01. The molecule has 0 aromatic carbocycles. The zero-order valence-electron chi connectivity index (χ0n) is 12.0. The van der Waals surface area contributed by atoms with Gasteiger partial charge in [-0.3, -0.25) is 0 Å². The zero-order chi connectivity index (χ0) is 14.1. The summed E-state index contributed by atoms with van der Waals surface area (Å²) in [5.74, 6) is 0. The van der Waals surface area contributed by atoms with E-state index in [1.165, 1.54) is 0 Å². The van der Waals surface area contributed by atoms with Crippen molar-refractivity contribution in [2.24, 2.45) is 0 Å². The van der Waals surface area contributed by atoms with Gasteiger partial charge in [-0.25, -0.2) is 0 Å². The number of hydrogen-bond acceptors (Lipinski definition) is 4. The van der Waals surface area contributed by atoms with Crippen molar-refractivity contribution in [3.8, 4) is 0 Å². The smallest absolute Gasteiger partial charge is 0.320 e. The molecule has 4 aromatic heterocycles. The first-order valence-electron chi connectivity index (χ1n) is 6.57. The molecule has 4 N–H and O–H groups in total. The van der Waals surface area contributed by atoms with E-state index >= 15 is 0 Å². The summed E-state index contributed by atoms with van der Waals surface area (Å²) in [6.45, 7) is 0. The van der Waals surface area contributed by atoms with Gasteiger partial charge in [0, 0.05) is 24.8 Å². The molecule has 4 heterocycles. The molecule has 8 nitrogen and oxygen atoms in total. The standard InChI is InChI=1S/C12H12BN8.Na/c1-5-14-18-9(1)13(10-2-6-15-19-10,11-3-7-16-20-11)12-4-8-17-21-12;/h1-8H,(H,14,18)(H,15,19)(H,16,20)(H,17,21);/q-1;+1. The Morgan fingerprint density at radius 1 is 0.545 bits per heavy atom. The van der Waals surface area contributed by atoms with Crippen molar-refractivity contribution in [2.45, 2.75) is 0 Å². The van der Waals surface area contributed by atoms with Crippen molar-refractivity contribution in [3.05, 3.63) is 49.1 Å². The van der Waals surface area contributed by atoms with Crippen LogP contribution in [-0.2, 0) is 0 Å². The SMILES string of the molecule is [Na+].c1cc([B-](c2ccn[nH]2)(c2ccn[nH]2)c2ccn[nH]2)[nH]n1. The first-order valence-corrected chi connectivity index (χ1v) is 6.57. The Hall–Kier alpha value is -2.10. The van der Waals surface area contributed by atoms with Crippen LogP contribution in [0.2, 0.25) is 0 Å². The molecular formula is C12H12BN8Na. The van der Waals surface area contributed by atoms with Crippen molar-refractivity contribution in [1.82, 2.24) is 40.8 Å². The third-order valence-electron chi connectivity index (χ3n) is 3.96. The van der Waals surface area contributed by atoms with Gasteiger partial charge in [-0.05, 0) is 0 Å². The van der Waals surface area contributed by atoms with Crippen molar-refractivity contribution >= 4 is 28.5 Å². The van der Waals surface area contributed by atoms with E-state index in [1.807, 2.05) is 24.3 Å². The van der Waals surface area contributed by atoms with Gasteiger partial charge in [0.2, 0.25) is 0 Å². The molecular weight excluding hydrogens is 290 g/mol. The van der Waals surface area contributed by atoms with Gasteiger partial charge in [0.1, 0.15) is 0 Å². The van der Waals surface area contributed by atoms with Crippen LogP contribution in [0.5, 0.6) is 0 Å². The van der Waals surface area contributed by atoms with Crippen molar-refractivity contribution in [3.63, 3.8) is 0 Å². The summed E-state index contributed by atoms with van der Waals surface area (Å²) in [5, 5.41) is 28.7. The molecule has 0 spiro atoms. The maximum Gasteiger partial charge on any atom is 1.00 e. The minimum Gasteiger partial charge on any atom is -0.320 e. The Labute approximate surface area is 147 Å². The maximum absolute atomic E-state index is 4.11. The summed E-state index contributed by atoms with van der Waals surface area (Å²) in [4.78, 5) is 0. The molecule has 0 atom stereocenters. The number of rotatable bonds is 4. The van der Waals surface area contributed by atoms with Gasteiger partial charge in [-0.2, -0.15) is 20.4 Å². The number of H-pyrrole nitrogens is 4. The van der Waals surface area contributed by atoms with Crippen LogP contribution in [-0.4, -0.2) is 46.9 Å². The fraction of sp³-hybridized carbons (Fsp3) is 0. The molecule has 104 valence electrons. The topological polar surface area (TPSA) is 115 Å². The third-order valence-corrected chi connectivity index (χ3v) is 3.96. The molecule has 0 saturated carbocycles. The zero-order valence-corrected chi connectivity index (χ0v) is 14.0. The summed E-state index contributed by atoms with van der Waals surface area (Å²) in [6, 6.07) is 7.79. The summed E-state index contributed by atoms with van der Waals surface area (Å²) in [5.41, 5.74) is 3.75. The molecule has 0 unspecified atom stereocenters. The van der Waals surface area contributed by atoms with E-state index in [2.05, 4.69) is 40.8 Å². The van der Waals surface area contributed by atoms with Crippen LogP contribution in [0.1, 0.15) is 0 Å². The van der Waals surface area contributed by atoms with Gasteiger partial charge in [-0.15, -0.1) is 22.4 Å². The average Bonchev–Trinajstić information content (AvgIpc) is 3.32. The quantitative estimate of drug-likeness (QED) is 0.282. The van der Waals surface area contributed by atoms with Crippen LogP contribution in [0.25, 0.3) is 0 Å². The number of hydrogen-bond donors (Lipinski definition) is 4. The van der Waals surface area contributed by atoms with Crippen molar-refractivity contribution in [1.29, 1.82) is 0 Å². The minimum atomic E-state index is -1.53. The van der Waals surface area contributed by atoms with Gasteiger partial charge in [0.05, 0.1) is 0 Å². The Morgan fingerprint density at radius 3 is 1.00 bits per heavy atom. The normalized spacial score (nSPS) is 11.3. The van der Waals surface area contributed by atoms with Gasteiger partial charge < -0.3 is 20.4 Å². The van der Waals surface area contributed by atoms with Crippen LogP contribution in [0, 0.1) is 0 Å². The third kappa shape index (κ3) is 2.05. The predicted molar refractivity (Wildman–Crippen MR) is 78.6 cm³/mol. The molecule has 0 aliphatic heterocycles. The largest absolute Gasteiger partial charge is 1.00 e. The molecule has 0 aliphatic rings. The number of aromatic amines is 4. The second-order valence-corrected chi connectivity index (χ2v) is 4.91. The second kappa shape index (κ2) is 5.95. The van der Waals surface area contributed by atoms with Crippen molar-refractivity contribution < 1.29 is 29.6 Å². The van der Waals surface area contributed by atoms with Crippen LogP contribution < -0.4 is 51.9 Å². The molecule has 0 amide bonds. The van der Waals surface area contributed by atoms with Crippen LogP contribution >= 0.6 is 0 Å². The van der Waals surface area contributed by atoms with Gasteiger partial charge in [-0.1, -0.05) is 24.3 Å². The summed E-state index contributed by atoms with van der Waals surface area (Å²) < 4.78 is 0. The Morgan fingerprint density at radius 2 is 0.818 bits per heavy atom. The van der Waals surface area contributed by atoms with Gasteiger partial charge in [0.25, 0.3) is 0 Å². The molecule has 0 saturated heterocycles. The van der Waals surface area contributed by atoms with E-state index in [0.717, 1.165) is 22.4 Å². The fourth-order valence-corrected chi connectivity index (χ4v) is 3.04. The molecule has 0 bridgehead atoms. The number of nitrogens with zero attached hydrogens (tertiary/aromatic N) is 4. The van der Waals surface area contributed by atoms with E-state index in [-0.39, 0.29) is 29.6 Å². The first-order chi connectivity index (χ1) is 10.4. The van der Waals surface area contributed by atoms with E-state index in [0.29, 0.717) is 0 Å². The van der Waals surface area contributed by atoms with Crippen molar-refractivity contribution in [2.75, 3.05) is 0 Å². The molecule has 0 fully saturated rings. The summed E-state index contributed by atoms with van der Waals surface area (Å²) in [6.07, 6.45) is 5.40. The van der Waals surface area contributed by atoms with Crippen LogP contribution in [0.15, 0.2) is 49.1 Å². The predicted octanol–water partition coefficient (Wildman–Crippen LogP) is -5.04. The van der Waals surface area contributed by atoms with Crippen LogP contribution in [0.4, 0.5) is 0 Å². The van der Waals surface area contributed by atoms with E-state index in [9.17, 15) is 0 Å². The Bertz CT molecular complexity index is 649. The Balaban J connectivity index is 0.00000144. The maximum atomic E-state index is 4.11. The summed E-state index contributed by atoms with van der Waals surface area (Å²) in [7, 11) is 0. The molecule has 22 heavy (non-hydrogen) atoms. The summed E-state index contributed by atoms with van der Waals surface area (Å²) >= 11 is 0. The monoisotopic (exact) mass is 302 g/mol. The molecule has 0 radical (unpaired) electrons. The number of nitrogens with one attached hydrogen (secondary N) is 4. The molecule has 4 aromatic rings. The minimum absolute atomic E-state index is 0. The molecule has 4 rings (SSSR count). The van der Waals surface area contributed by atoms with E-state index in [1.54, 1.807) is 24.8 Å². The van der Waals surface area contributed by atoms with E-state index < -0.39 is 6.15 Å². The van der Waals surface area contributed by atoms with Gasteiger partial charge in [0.15, 0.2) is 6.15 Å². The second-order valence-electron chi connectivity index (χ2n) is 4.91. The average molecular weight is 302 g/mol. The van der Waals surface area contributed by atoms with Crippen LogP contribution in [0.3, 0.4) is 0 Å². The van der Waals surface area contributed by atoms with Gasteiger partial charge >= 0.3 is 29.6 Å². The molecule has 10 heteroatoms.